The van der Waals surface area contributed by atoms with E-state index in [2.05, 4.69) is 22.9 Å². The Labute approximate surface area is 147 Å². The summed E-state index contributed by atoms with van der Waals surface area (Å²) in [6.07, 6.45) is 1.89. The van der Waals surface area contributed by atoms with Gasteiger partial charge in [0.25, 0.3) is 11.8 Å². The van der Waals surface area contributed by atoms with E-state index in [0.29, 0.717) is 22.9 Å². The van der Waals surface area contributed by atoms with Crippen molar-refractivity contribution < 1.29 is 9.59 Å². The van der Waals surface area contributed by atoms with Gasteiger partial charge in [-0.3, -0.25) is 9.59 Å². The van der Waals surface area contributed by atoms with Gasteiger partial charge in [-0.15, -0.1) is 0 Å². The summed E-state index contributed by atoms with van der Waals surface area (Å²) in [5.41, 5.74) is 1.87. The highest BCUT2D eigenvalue weighted by molar-refractivity contribution is 6.04. The summed E-state index contributed by atoms with van der Waals surface area (Å²) in [6.45, 7) is 3.05. The van der Waals surface area contributed by atoms with Crippen molar-refractivity contribution in [3.63, 3.8) is 0 Å². The van der Waals surface area contributed by atoms with Crippen molar-refractivity contribution >= 4 is 17.5 Å². The van der Waals surface area contributed by atoms with Crippen LogP contribution in [0.4, 0.5) is 5.69 Å². The minimum atomic E-state index is -0.165. The molecule has 2 unspecified atom stereocenters. The zero-order valence-corrected chi connectivity index (χ0v) is 14.3. The highest BCUT2D eigenvalue weighted by Crippen LogP contribution is 2.13. The number of piperidine rings is 1. The van der Waals surface area contributed by atoms with Gasteiger partial charge in [0.2, 0.25) is 0 Å². The van der Waals surface area contributed by atoms with Gasteiger partial charge in [-0.1, -0.05) is 18.2 Å². The molecule has 1 saturated heterocycles. The van der Waals surface area contributed by atoms with Crippen LogP contribution in [0.5, 0.6) is 0 Å². The molecule has 1 aliphatic heterocycles. The van der Waals surface area contributed by atoms with Crippen LogP contribution in [0.3, 0.4) is 0 Å². The summed E-state index contributed by atoms with van der Waals surface area (Å²) < 4.78 is 0. The maximum Gasteiger partial charge on any atom is 0.255 e. The van der Waals surface area contributed by atoms with Crippen molar-refractivity contribution in [1.29, 1.82) is 0 Å². The van der Waals surface area contributed by atoms with Gasteiger partial charge in [-0.25, -0.2) is 0 Å². The molecule has 0 saturated carbocycles. The van der Waals surface area contributed by atoms with Crippen LogP contribution in [0, 0.1) is 0 Å². The number of amides is 2. The van der Waals surface area contributed by atoms with E-state index >= 15 is 0 Å². The quantitative estimate of drug-likeness (QED) is 0.803. The molecule has 5 heteroatoms. The number of hydrogen-bond donors (Lipinski definition) is 3. The molecule has 0 spiro atoms. The molecule has 0 bridgehead atoms. The number of benzene rings is 2. The van der Waals surface area contributed by atoms with Crippen molar-refractivity contribution in [3.8, 4) is 0 Å². The molecule has 3 N–H and O–H groups in total. The van der Waals surface area contributed by atoms with Gasteiger partial charge >= 0.3 is 0 Å². The summed E-state index contributed by atoms with van der Waals surface area (Å²) in [4.78, 5) is 24.5. The molecule has 3 rings (SSSR count). The predicted molar refractivity (Wildman–Crippen MR) is 98.8 cm³/mol. The minimum Gasteiger partial charge on any atom is -0.349 e. The van der Waals surface area contributed by atoms with Crippen LogP contribution in [0.2, 0.25) is 0 Å². The zero-order valence-electron chi connectivity index (χ0n) is 14.3. The zero-order chi connectivity index (χ0) is 17.6. The first-order valence-corrected chi connectivity index (χ1v) is 8.62. The number of carbonyl (C=O) groups is 2. The van der Waals surface area contributed by atoms with Crippen molar-refractivity contribution in [1.82, 2.24) is 10.6 Å². The van der Waals surface area contributed by atoms with E-state index < -0.39 is 0 Å². The molecule has 0 radical (unpaired) electrons. The molecule has 2 atom stereocenters. The Hall–Kier alpha value is -2.66. The Morgan fingerprint density at radius 3 is 2.32 bits per heavy atom. The van der Waals surface area contributed by atoms with Crippen molar-refractivity contribution in [2.75, 3.05) is 11.9 Å². The van der Waals surface area contributed by atoms with Crippen LogP contribution in [0.25, 0.3) is 0 Å². The molecule has 1 fully saturated rings. The van der Waals surface area contributed by atoms with Crippen molar-refractivity contribution in [3.05, 3.63) is 65.7 Å². The molecule has 5 nitrogen and oxygen atoms in total. The molecule has 0 aromatic heterocycles. The van der Waals surface area contributed by atoms with Gasteiger partial charge in [0.15, 0.2) is 0 Å². The highest BCUT2D eigenvalue weighted by atomic mass is 16.2. The fraction of sp³-hybridized carbons (Fsp3) is 0.300. The lowest BCUT2D eigenvalue weighted by Gasteiger charge is -2.28. The lowest BCUT2D eigenvalue weighted by molar-refractivity contribution is 0.0925. The summed E-state index contributed by atoms with van der Waals surface area (Å²) in [6, 6.07) is 16.6. The fourth-order valence-corrected chi connectivity index (χ4v) is 3.03. The standard InChI is InChI=1S/C20H23N3O2/c1-14-13-18(11-12-21-14)23-20(25)16-7-9-17(10-8-16)22-19(24)15-5-3-2-4-6-15/h2-10,14,18,21H,11-13H2,1H3,(H,22,24)(H,23,25). The molecule has 1 heterocycles. The molecular formula is C20H23N3O2. The maximum atomic E-state index is 12.4. The van der Waals surface area contributed by atoms with Gasteiger partial charge in [-0.05, 0) is 62.7 Å². The largest absolute Gasteiger partial charge is 0.349 e. The second kappa shape index (κ2) is 7.94. The van der Waals surface area contributed by atoms with Crippen LogP contribution in [0.15, 0.2) is 54.6 Å². The first-order chi connectivity index (χ1) is 12.1. The second-order valence-electron chi connectivity index (χ2n) is 6.45. The maximum absolute atomic E-state index is 12.4. The van der Waals surface area contributed by atoms with Gasteiger partial charge in [0.1, 0.15) is 0 Å². The number of anilines is 1. The monoisotopic (exact) mass is 337 g/mol. The molecular weight excluding hydrogens is 314 g/mol. The number of carbonyl (C=O) groups excluding carboxylic acids is 2. The summed E-state index contributed by atoms with van der Waals surface area (Å²) in [7, 11) is 0. The summed E-state index contributed by atoms with van der Waals surface area (Å²) >= 11 is 0. The number of hydrogen-bond acceptors (Lipinski definition) is 3. The lowest BCUT2D eigenvalue weighted by atomic mass is 10.0. The first-order valence-electron chi connectivity index (χ1n) is 8.62. The predicted octanol–water partition coefficient (Wildman–Crippen LogP) is 2.81. The topological polar surface area (TPSA) is 70.2 Å². The highest BCUT2D eigenvalue weighted by Gasteiger charge is 2.20. The Balaban J connectivity index is 1.58. The number of nitrogens with one attached hydrogen (secondary N) is 3. The van der Waals surface area contributed by atoms with Crippen LogP contribution in [-0.2, 0) is 0 Å². The third-order valence-electron chi connectivity index (χ3n) is 4.40. The lowest BCUT2D eigenvalue weighted by Crippen LogP contribution is -2.46. The molecule has 0 aliphatic carbocycles. The molecule has 2 aromatic carbocycles. The summed E-state index contributed by atoms with van der Waals surface area (Å²) in [5, 5.41) is 9.29. The average Bonchev–Trinajstić information content (AvgIpc) is 2.63. The third kappa shape index (κ3) is 4.67. The van der Waals surface area contributed by atoms with Crippen LogP contribution in [0.1, 0.15) is 40.5 Å². The van der Waals surface area contributed by atoms with E-state index in [-0.39, 0.29) is 17.9 Å². The smallest absolute Gasteiger partial charge is 0.255 e. The van der Waals surface area contributed by atoms with E-state index in [4.69, 9.17) is 0 Å². The second-order valence-corrected chi connectivity index (χ2v) is 6.45. The molecule has 25 heavy (non-hydrogen) atoms. The Morgan fingerprint density at radius 1 is 0.960 bits per heavy atom. The first kappa shape index (κ1) is 17.2. The van der Waals surface area contributed by atoms with E-state index in [9.17, 15) is 9.59 Å². The average molecular weight is 337 g/mol. The van der Waals surface area contributed by atoms with Crippen LogP contribution < -0.4 is 16.0 Å². The Morgan fingerprint density at radius 2 is 1.64 bits per heavy atom. The Kier molecular flexibility index (Phi) is 5.46. The van der Waals surface area contributed by atoms with Gasteiger partial charge in [0, 0.05) is 28.9 Å². The van der Waals surface area contributed by atoms with E-state index in [1.807, 2.05) is 18.2 Å². The van der Waals surface area contributed by atoms with E-state index in [1.165, 1.54) is 0 Å². The molecule has 1 aliphatic rings. The number of rotatable bonds is 4. The normalized spacial score (nSPS) is 19.9. The van der Waals surface area contributed by atoms with Gasteiger partial charge in [-0.2, -0.15) is 0 Å². The summed E-state index contributed by atoms with van der Waals surface area (Å²) in [5.74, 6) is -0.235. The molecule has 2 amide bonds. The fourth-order valence-electron chi connectivity index (χ4n) is 3.03. The Bertz CT molecular complexity index is 728. The van der Waals surface area contributed by atoms with Gasteiger partial charge < -0.3 is 16.0 Å². The van der Waals surface area contributed by atoms with E-state index in [1.54, 1.807) is 36.4 Å². The van der Waals surface area contributed by atoms with Crippen LogP contribution in [-0.4, -0.2) is 30.4 Å². The molecule has 130 valence electrons. The van der Waals surface area contributed by atoms with E-state index in [0.717, 1.165) is 19.4 Å². The van der Waals surface area contributed by atoms with Crippen LogP contribution >= 0.6 is 0 Å². The van der Waals surface area contributed by atoms with Crippen molar-refractivity contribution in [2.45, 2.75) is 31.8 Å². The van der Waals surface area contributed by atoms with Crippen molar-refractivity contribution in [2.24, 2.45) is 0 Å². The minimum absolute atomic E-state index is 0.0694. The van der Waals surface area contributed by atoms with Gasteiger partial charge in [0.05, 0.1) is 0 Å². The third-order valence-corrected chi connectivity index (χ3v) is 4.40. The molecule has 2 aromatic rings. The SMILES string of the molecule is CC1CC(NC(=O)c2ccc(NC(=O)c3ccccc3)cc2)CCN1.